The molecule has 186 valence electrons. The van der Waals surface area contributed by atoms with Crippen LogP contribution >= 0.6 is 0 Å². The Kier molecular flexibility index (Phi) is 7.75. The lowest BCUT2D eigenvalue weighted by Gasteiger charge is -2.24. The summed E-state index contributed by atoms with van der Waals surface area (Å²) < 4.78 is 37.8. The van der Waals surface area contributed by atoms with Crippen LogP contribution in [0.2, 0.25) is 0 Å². The number of hydrogen-bond donors (Lipinski definition) is 2. The van der Waals surface area contributed by atoms with Crippen molar-refractivity contribution in [3.63, 3.8) is 0 Å². The van der Waals surface area contributed by atoms with Gasteiger partial charge in [0, 0.05) is 5.56 Å². The van der Waals surface area contributed by atoms with Crippen LogP contribution < -0.4 is 19.5 Å². The number of ether oxygens (including phenoxy) is 2. The van der Waals surface area contributed by atoms with Crippen LogP contribution in [0, 0.1) is 6.92 Å². The summed E-state index contributed by atoms with van der Waals surface area (Å²) >= 11 is 0. The molecular formula is C27H32N2O5S. The van der Waals surface area contributed by atoms with Crippen molar-refractivity contribution in [3.05, 3.63) is 82.9 Å². The van der Waals surface area contributed by atoms with E-state index in [-0.39, 0.29) is 22.8 Å². The van der Waals surface area contributed by atoms with E-state index < -0.39 is 10.0 Å². The quantitative estimate of drug-likeness (QED) is 0.429. The highest BCUT2D eigenvalue weighted by molar-refractivity contribution is 7.92. The van der Waals surface area contributed by atoms with Gasteiger partial charge >= 0.3 is 0 Å². The van der Waals surface area contributed by atoms with Gasteiger partial charge in [0.15, 0.2) is 5.75 Å². The highest BCUT2D eigenvalue weighted by atomic mass is 32.2. The molecule has 0 aliphatic carbocycles. The highest BCUT2D eigenvalue weighted by Crippen LogP contribution is 2.39. The summed E-state index contributed by atoms with van der Waals surface area (Å²) in [5, 5.41) is 2.89. The number of rotatable bonds is 8. The zero-order valence-electron chi connectivity index (χ0n) is 20.9. The monoisotopic (exact) mass is 496 g/mol. The van der Waals surface area contributed by atoms with Crippen molar-refractivity contribution in [1.29, 1.82) is 0 Å². The van der Waals surface area contributed by atoms with E-state index in [9.17, 15) is 13.2 Å². The second kappa shape index (κ2) is 10.4. The van der Waals surface area contributed by atoms with Crippen molar-refractivity contribution >= 4 is 27.3 Å². The number of nitrogens with one attached hydrogen (secondary N) is 2. The van der Waals surface area contributed by atoms with Gasteiger partial charge in [0.2, 0.25) is 10.0 Å². The predicted molar refractivity (Wildman–Crippen MR) is 140 cm³/mol. The predicted octanol–water partition coefficient (Wildman–Crippen LogP) is 5.50. The molecule has 0 saturated heterocycles. The summed E-state index contributed by atoms with van der Waals surface area (Å²) in [6.07, 6.45) is 1.07. The van der Waals surface area contributed by atoms with E-state index in [1.165, 1.54) is 7.11 Å². The lowest BCUT2D eigenvalue weighted by Crippen LogP contribution is -2.18. The van der Waals surface area contributed by atoms with E-state index in [1.54, 1.807) is 24.3 Å². The highest BCUT2D eigenvalue weighted by Gasteiger charge is 2.22. The van der Waals surface area contributed by atoms with Gasteiger partial charge in [-0.3, -0.25) is 9.52 Å². The Hall–Kier alpha value is -3.52. The average molecular weight is 497 g/mol. The molecule has 0 heterocycles. The first-order valence-electron chi connectivity index (χ1n) is 11.2. The largest absolute Gasteiger partial charge is 0.492 e. The molecule has 0 fully saturated rings. The minimum absolute atomic E-state index is 0.227. The third-order valence-corrected chi connectivity index (χ3v) is 5.85. The summed E-state index contributed by atoms with van der Waals surface area (Å²) in [5.74, 6) is 0.437. The number of anilines is 2. The van der Waals surface area contributed by atoms with E-state index in [1.807, 2.05) is 64.1 Å². The molecule has 3 aromatic carbocycles. The molecule has 0 aromatic heterocycles. The Labute approximate surface area is 207 Å². The minimum Gasteiger partial charge on any atom is -0.492 e. The van der Waals surface area contributed by atoms with E-state index in [2.05, 4.69) is 10.0 Å². The Balaban J connectivity index is 1.93. The molecule has 1 amide bonds. The Morgan fingerprint density at radius 3 is 2.23 bits per heavy atom. The van der Waals surface area contributed by atoms with Gasteiger partial charge in [0.1, 0.15) is 12.4 Å². The van der Waals surface area contributed by atoms with E-state index in [0.29, 0.717) is 23.6 Å². The van der Waals surface area contributed by atoms with Crippen LogP contribution in [0.15, 0.2) is 60.7 Å². The third-order valence-electron chi connectivity index (χ3n) is 5.26. The number of aryl methyl sites for hydroxylation is 1. The van der Waals surface area contributed by atoms with Crippen LogP contribution in [0.1, 0.15) is 47.8 Å². The van der Waals surface area contributed by atoms with Gasteiger partial charge in [-0.05, 0) is 59.4 Å². The SMILES string of the molecule is COc1c(NC(=O)c2cc(C)cc(OCc3ccccc3)c2)cc(C(C)(C)C)cc1NS(C)(=O)=O. The van der Waals surface area contributed by atoms with Crippen LogP contribution in [0.5, 0.6) is 11.5 Å². The number of carbonyl (C=O) groups excluding carboxylic acids is 1. The number of methoxy groups -OCH3 is 1. The number of carbonyl (C=O) groups is 1. The molecular weight excluding hydrogens is 464 g/mol. The zero-order valence-corrected chi connectivity index (χ0v) is 21.7. The summed E-state index contributed by atoms with van der Waals surface area (Å²) in [7, 11) is -2.14. The second-order valence-electron chi connectivity index (χ2n) is 9.49. The maximum Gasteiger partial charge on any atom is 0.255 e. The summed E-state index contributed by atoms with van der Waals surface area (Å²) in [6.45, 7) is 8.28. The maximum atomic E-state index is 13.3. The van der Waals surface area contributed by atoms with Crippen molar-refractivity contribution in [2.45, 2.75) is 39.7 Å². The van der Waals surface area contributed by atoms with Crippen LogP contribution in [-0.4, -0.2) is 27.7 Å². The van der Waals surface area contributed by atoms with Gasteiger partial charge in [-0.1, -0.05) is 51.1 Å². The van der Waals surface area contributed by atoms with Crippen LogP contribution in [-0.2, 0) is 22.0 Å². The fourth-order valence-electron chi connectivity index (χ4n) is 3.55. The van der Waals surface area contributed by atoms with Crippen LogP contribution in [0.25, 0.3) is 0 Å². The average Bonchev–Trinajstić information content (AvgIpc) is 2.76. The van der Waals surface area contributed by atoms with Crippen molar-refractivity contribution in [2.75, 3.05) is 23.4 Å². The molecule has 35 heavy (non-hydrogen) atoms. The Bertz CT molecular complexity index is 1310. The topological polar surface area (TPSA) is 93.7 Å². The number of sulfonamides is 1. The summed E-state index contributed by atoms with van der Waals surface area (Å²) in [4.78, 5) is 13.3. The van der Waals surface area contributed by atoms with Gasteiger partial charge < -0.3 is 14.8 Å². The fraction of sp³-hybridized carbons (Fsp3) is 0.296. The van der Waals surface area contributed by atoms with Gasteiger partial charge in [-0.25, -0.2) is 8.42 Å². The minimum atomic E-state index is -3.57. The van der Waals surface area contributed by atoms with E-state index >= 15 is 0 Å². The molecule has 0 aliphatic heterocycles. The first kappa shape index (κ1) is 26.1. The van der Waals surface area contributed by atoms with Crippen molar-refractivity contribution in [3.8, 4) is 11.5 Å². The van der Waals surface area contributed by atoms with Crippen molar-refractivity contribution in [1.82, 2.24) is 0 Å². The first-order chi connectivity index (χ1) is 16.4. The lowest BCUT2D eigenvalue weighted by atomic mass is 9.86. The molecule has 3 aromatic rings. The normalized spacial score (nSPS) is 11.6. The number of amides is 1. The van der Waals surface area contributed by atoms with Crippen molar-refractivity contribution in [2.24, 2.45) is 0 Å². The number of benzene rings is 3. The standard InChI is InChI=1S/C27H32N2O5S/c1-18-12-20(14-22(13-18)34-17-19-10-8-7-9-11-19)26(30)28-23-15-21(27(2,3)4)16-24(25(23)33-5)29-35(6,31)32/h7-16,29H,17H2,1-6H3,(H,28,30). The molecule has 0 saturated carbocycles. The van der Waals surface area contributed by atoms with Gasteiger partial charge in [0.05, 0.1) is 24.7 Å². The molecule has 7 nitrogen and oxygen atoms in total. The lowest BCUT2D eigenvalue weighted by molar-refractivity contribution is 0.102. The van der Waals surface area contributed by atoms with Gasteiger partial charge in [0.25, 0.3) is 5.91 Å². The van der Waals surface area contributed by atoms with E-state index in [4.69, 9.17) is 9.47 Å². The second-order valence-corrected chi connectivity index (χ2v) is 11.2. The van der Waals surface area contributed by atoms with Crippen LogP contribution in [0.3, 0.4) is 0 Å². The third kappa shape index (κ3) is 7.23. The maximum absolute atomic E-state index is 13.3. The fourth-order valence-corrected chi connectivity index (χ4v) is 4.10. The van der Waals surface area contributed by atoms with Crippen molar-refractivity contribution < 1.29 is 22.7 Å². The molecule has 0 radical (unpaired) electrons. The summed E-state index contributed by atoms with van der Waals surface area (Å²) in [6, 6.07) is 18.6. The molecule has 0 atom stereocenters. The van der Waals surface area contributed by atoms with Crippen LogP contribution in [0.4, 0.5) is 11.4 Å². The molecule has 2 N–H and O–H groups in total. The first-order valence-corrected chi connectivity index (χ1v) is 13.0. The Morgan fingerprint density at radius 1 is 0.971 bits per heavy atom. The molecule has 0 bridgehead atoms. The smallest absolute Gasteiger partial charge is 0.255 e. The van der Waals surface area contributed by atoms with Gasteiger partial charge in [-0.15, -0.1) is 0 Å². The molecule has 0 unspecified atom stereocenters. The Morgan fingerprint density at radius 2 is 1.63 bits per heavy atom. The molecule has 0 spiro atoms. The molecule has 8 heteroatoms. The molecule has 0 aliphatic rings. The van der Waals surface area contributed by atoms with E-state index in [0.717, 1.165) is 22.9 Å². The summed E-state index contributed by atoms with van der Waals surface area (Å²) in [5.41, 5.74) is 3.45. The number of hydrogen-bond acceptors (Lipinski definition) is 5. The zero-order chi connectivity index (χ0) is 25.8. The molecule has 3 rings (SSSR count). The van der Waals surface area contributed by atoms with Gasteiger partial charge in [-0.2, -0.15) is 0 Å².